The summed E-state index contributed by atoms with van der Waals surface area (Å²) in [6.07, 6.45) is 0. The van der Waals surface area contributed by atoms with E-state index >= 15 is 0 Å². The number of nitriles is 1. The lowest BCUT2D eigenvalue weighted by atomic mass is 9.91. The second kappa shape index (κ2) is 4.15. The van der Waals surface area contributed by atoms with Crippen molar-refractivity contribution in [3.05, 3.63) is 29.1 Å². The molecule has 0 aliphatic carbocycles. The Labute approximate surface area is 95.2 Å². The van der Waals surface area contributed by atoms with E-state index in [1.807, 2.05) is 26.8 Å². The lowest BCUT2D eigenvalue weighted by Gasteiger charge is -2.17. The van der Waals surface area contributed by atoms with Crippen LogP contribution in [0.4, 0.5) is 0 Å². The summed E-state index contributed by atoms with van der Waals surface area (Å²) >= 11 is 0. The average molecular weight is 201 g/mol. The molecule has 2 heteroatoms. The van der Waals surface area contributed by atoms with Gasteiger partial charge in [0.15, 0.2) is 0 Å². The Bertz CT molecular complexity index is 549. The number of pyridine rings is 1. The molecule has 0 amide bonds. The SMILES string of the molecule is [2H]C([2H])([2H])C#Cc1nc(C(C)(C)C)ccc1C#N. The molecule has 0 bridgehead atoms. The summed E-state index contributed by atoms with van der Waals surface area (Å²) in [5.41, 5.74) is 1.11. The van der Waals surface area contributed by atoms with E-state index in [0.29, 0.717) is 5.56 Å². The molecule has 1 aromatic rings. The van der Waals surface area contributed by atoms with Gasteiger partial charge in [-0.15, -0.1) is 0 Å². The van der Waals surface area contributed by atoms with Gasteiger partial charge in [0.2, 0.25) is 0 Å². The maximum atomic E-state index is 8.94. The fourth-order valence-corrected chi connectivity index (χ4v) is 1.12. The summed E-state index contributed by atoms with van der Waals surface area (Å²) < 4.78 is 21.1. The van der Waals surface area contributed by atoms with Gasteiger partial charge in [-0.3, -0.25) is 0 Å². The molecule has 0 radical (unpaired) electrons. The first-order chi connectivity index (χ1) is 8.13. The van der Waals surface area contributed by atoms with Crippen LogP contribution in [0.1, 0.15) is 48.7 Å². The third-order valence-electron chi connectivity index (χ3n) is 1.97. The van der Waals surface area contributed by atoms with Crippen LogP contribution in [-0.2, 0) is 5.41 Å². The van der Waals surface area contributed by atoms with Crippen molar-refractivity contribution in [2.45, 2.75) is 33.0 Å². The van der Waals surface area contributed by atoms with E-state index in [1.54, 1.807) is 12.1 Å². The minimum atomic E-state index is -2.34. The van der Waals surface area contributed by atoms with Crippen molar-refractivity contribution < 1.29 is 4.11 Å². The van der Waals surface area contributed by atoms with Crippen molar-refractivity contribution in [1.29, 1.82) is 5.26 Å². The van der Waals surface area contributed by atoms with E-state index in [1.165, 1.54) is 0 Å². The van der Waals surface area contributed by atoms with E-state index < -0.39 is 6.85 Å². The lowest BCUT2D eigenvalue weighted by molar-refractivity contribution is 0.568. The van der Waals surface area contributed by atoms with Gasteiger partial charge in [-0.1, -0.05) is 26.7 Å². The van der Waals surface area contributed by atoms with Crippen molar-refractivity contribution in [3.63, 3.8) is 0 Å². The predicted molar refractivity (Wildman–Crippen MR) is 60.2 cm³/mol. The van der Waals surface area contributed by atoms with Crippen LogP contribution in [-0.4, -0.2) is 4.98 Å². The zero-order valence-electron chi connectivity index (χ0n) is 12.0. The lowest BCUT2D eigenvalue weighted by Crippen LogP contribution is -2.14. The van der Waals surface area contributed by atoms with Crippen molar-refractivity contribution >= 4 is 0 Å². The Balaban J connectivity index is 3.32. The minimum absolute atomic E-state index is 0.176. The summed E-state index contributed by atoms with van der Waals surface area (Å²) in [7, 11) is 0. The van der Waals surface area contributed by atoms with Crippen LogP contribution in [0.2, 0.25) is 0 Å². The summed E-state index contributed by atoms with van der Waals surface area (Å²) in [6.45, 7) is 3.62. The van der Waals surface area contributed by atoms with Crippen LogP contribution < -0.4 is 0 Å². The number of hydrogen-bond acceptors (Lipinski definition) is 2. The first kappa shape index (κ1) is 7.49. The average Bonchev–Trinajstić information content (AvgIpc) is 2.23. The molecular weight excluding hydrogens is 184 g/mol. The number of nitrogens with zero attached hydrogens (tertiary/aromatic N) is 2. The van der Waals surface area contributed by atoms with Gasteiger partial charge < -0.3 is 0 Å². The zero-order chi connectivity index (χ0) is 14.0. The molecule has 0 aromatic carbocycles. The molecule has 1 aromatic heterocycles. The van der Waals surface area contributed by atoms with Crippen molar-refractivity contribution in [2.24, 2.45) is 0 Å². The van der Waals surface area contributed by atoms with E-state index in [0.717, 1.165) is 5.69 Å². The van der Waals surface area contributed by atoms with Crippen LogP contribution in [0.3, 0.4) is 0 Å². The van der Waals surface area contributed by atoms with Gasteiger partial charge in [-0.05, 0) is 24.9 Å². The molecule has 0 atom stereocenters. The topological polar surface area (TPSA) is 36.7 Å². The molecule has 1 heterocycles. The molecule has 0 aliphatic rings. The van der Waals surface area contributed by atoms with Gasteiger partial charge in [0, 0.05) is 15.2 Å². The summed E-state index contributed by atoms with van der Waals surface area (Å²) in [6, 6.07) is 5.35. The third-order valence-corrected chi connectivity index (χ3v) is 1.97. The maximum Gasteiger partial charge on any atom is 0.131 e. The summed E-state index contributed by atoms with van der Waals surface area (Å²) in [4.78, 5) is 4.27. The second-order valence-corrected chi connectivity index (χ2v) is 4.20. The van der Waals surface area contributed by atoms with Gasteiger partial charge in [-0.25, -0.2) is 4.98 Å². The molecule has 0 aliphatic heterocycles. The molecule has 0 unspecified atom stereocenters. The van der Waals surface area contributed by atoms with E-state index in [9.17, 15) is 0 Å². The molecular formula is C13H14N2. The minimum Gasteiger partial charge on any atom is -0.242 e. The Hall–Kier alpha value is -1.80. The normalized spacial score (nSPS) is 13.9. The fourth-order valence-electron chi connectivity index (χ4n) is 1.12. The van der Waals surface area contributed by atoms with Gasteiger partial charge in [0.25, 0.3) is 0 Å². The van der Waals surface area contributed by atoms with Gasteiger partial charge >= 0.3 is 0 Å². The van der Waals surface area contributed by atoms with Crippen LogP contribution in [0.25, 0.3) is 0 Å². The molecule has 0 saturated carbocycles. The van der Waals surface area contributed by atoms with Crippen molar-refractivity contribution in [3.8, 4) is 17.9 Å². The van der Waals surface area contributed by atoms with Crippen molar-refractivity contribution in [1.82, 2.24) is 4.98 Å². The third kappa shape index (κ3) is 2.58. The maximum absolute atomic E-state index is 8.94. The van der Waals surface area contributed by atoms with Gasteiger partial charge in [-0.2, -0.15) is 5.26 Å². The zero-order valence-corrected chi connectivity index (χ0v) is 9.05. The molecule has 0 fully saturated rings. The quantitative estimate of drug-likeness (QED) is 0.605. The monoisotopic (exact) mass is 201 g/mol. The predicted octanol–water partition coefficient (Wildman–Crippen LogP) is 2.62. The van der Waals surface area contributed by atoms with Crippen LogP contribution in [0.5, 0.6) is 0 Å². The Morgan fingerprint density at radius 2 is 2.13 bits per heavy atom. The van der Waals surface area contributed by atoms with Crippen LogP contribution in [0, 0.1) is 23.2 Å². The Morgan fingerprint density at radius 3 is 2.67 bits per heavy atom. The molecule has 0 saturated heterocycles. The van der Waals surface area contributed by atoms with E-state index in [4.69, 9.17) is 9.37 Å². The highest BCUT2D eigenvalue weighted by Crippen LogP contribution is 2.21. The molecule has 76 valence electrons. The largest absolute Gasteiger partial charge is 0.242 e. The van der Waals surface area contributed by atoms with Gasteiger partial charge in [0.05, 0.1) is 5.56 Å². The van der Waals surface area contributed by atoms with Crippen LogP contribution >= 0.6 is 0 Å². The summed E-state index contributed by atoms with van der Waals surface area (Å²) in [5, 5.41) is 8.94. The van der Waals surface area contributed by atoms with E-state index in [2.05, 4.69) is 16.8 Å². The first-order valence-electron chi connectivity index (χ1n) is 6.08. The highest BCUT2D eigenvalue weighted by atomic mass is 14.7. The smallest absolute Gasteiger partial charge is 0.131 e. The van der Waals surface area contributed by atoms with Crippen LogP contribution in [0.15, 0.2) is 12.1 Å². The fraction of sp³-hybridized carbons (Fsp3) is 0.385. The highest BCUT2D eigenvalue weighted by molar-refractivity contribution is 5.44. The Kier molecular flexibility index (Phi) is 2.07. The van der Waals surface area contributed by atoms with Crippen molar-refractivity contribution in [2.75, 3.05) is 0 Å². The molecule has 1 rings (SSSR count). The number of aromatic nitrogens is 1. The Morgan fingerprint density at radius 1 is 1.40 bits per heavy atom. The first-order valence-corrected chi connectivity index (χ1v) is 4.58. The van der Waals surface area contributed by atoms with E-state index in [-0.39, 0.29) is 11.1 Å². The molecule has 0 spiro atoms. The molecule has 2 nitrogen and oxygen atoms in total. The second-order valence-electron chi connectivity index (χ2n) is 4.20. The standard InChI is InChI=1S/C13H14N2/c1-5-6-11-10(9-14)7-8-12(15-11)13(2,3)4/h7-8H,1-4H3/i1D3. The molecule has 15 heavy (non-hydrogen) atoms. The summed E-state index contributed by atoms with van der Waals surface area (Å²) in [5.74, 6) is 4.60. The molecule has 0 N–H and O–H groups in total. The number of rotatable bonds is 0. The van der Waals surface area contributed by atoms with Gasteiger partial charge in [0.1, 0.15) is 11.8 Å². The highest BCUT2D eigenvalue weighted by Gasteiger charge is 2.16. The number of hydrogen-bond donors (Lipinski definition) is 0.